The van der Waals surface area contributed by atoms with Gasteiger partial charge in [0, 0.05) is 30.2 Å². The Morgan fingerprint density at radius 3 is 2.57 bits per heavy atom. The van der Waals surface area contributed by atoms with E-state index >= 15 is 0 Å². The largest absolute Gasteiger partial charge is 0.497 e. The minimum atomic E-state index is -3.92. The van der Waals surface area contributed by atoms with Crippen LogP contribution in [-0.4, -0.2) is 110 Å². The van der Waals surface area contributed by atoms with Gasteiger partial charge < -0.3 is 39.6 Å². The van der Waals surface area contributed by atoms with Gasteiger partial charge in [0.15, 0.2) is 0 Å². The third kappa shape index (κ3) is 8.51. The molecule has 2 aromatic rings. The zero-order chi connectivity index (χ0) is 38.8. The summed E-state index contributed by atoms with van der Waals surface area (Å²) in [7, 11) is -0.811. The lowest BCUT2D eigenvalue weighted by Crippen LogP contribution is -2.59. The number of pyridine rings is 1. The molecule has 6 rings (SSSR count). The van der Waals surface area contributed by atoms with Gasteiger partial charge in [0.1, 0.15) is 41.8 Å². The molecule has 4 amide bonds. The Morgan fingerprint density at radius 2 is 1.87 bits per heavy atom. The maximum Gasteiger partial charge on any atom is 0.405 e. The monoisotopic (exact) mass is 771 g/mol. The molecule has 2 saturated carbocycles. The van der Waals surface area contributed by atoms with Crippen LogP contribution in [0.4, 0.5) is 4.79 Å². The van der Waals surface area contributed by atoms with Crippen molar-refractivity contribution in [2.24, 2.45) is 17.8 Å². The number of ether oxygens (including phenoxy) is 4. The summed E-state index contributed by atoms with van der Waals surface area (Å²) in [5.41, 5.74) is -1.55. The smallest absolute Gasteiger partial charge is 0.405 e. The maximum atomic E-state index is 14.4. The van der Waals surface area contributed by atoms with Gasteiger partial charge >= 0.3 is 6.09 Å². The minimum absolute atomic E-state index is 0.0217. The van der Waals surface area contributed by atoms with Gasteiger partial charge in [-0.3, -0.25) is 19.1 Å². The van der Waals surface area contributed by atoms with Crippen molar-refractivity contribution in [2.75, 3.05) is 34.0 Å². The van der Waals surface area contributed by atoms with E-state index in [2.05, 4.69) is 20.3 Å². The molecule has 1 saturated heterocycles. The number of carbonyl (C=O) groups is 4. The fraction of sp³-hybridized carbons (Fsp3) is 0.595. The van der Waals surface area contributed by atoms with Crippen LogP contribution in [0, 0.1) is 17.8 Å². The van der Waals surface area contributed by atoms with Crippen molar-refractivity contribution in [3.8, 4) is 17.4 Å². The molecule has 54 heavy (non-hydrogen) atoms. The Bertz CT molecular complexity index is 1900. The number of methoxy groups -OCH3 is 2. The molecule has 16 nitrogen and oxygen atoms in total. The average Bonchev–Trinajstić information content (AvgIpc) is 4.06. The number of benzene rings is 1. The third-order valence-corrected chi connectivity index (χ3v) is 12.6. The number of hydrogen-bond donors (Lipinski definition) is 4. The number of carbonyl (C=O) groups excluding carboxylic acids is 3. The second-order valence-electron chi connectivity index (χ2n) is 14.9. The maximum absolute atomic E-state index is 14.4. The van der Waals surface area contributed by atoms with Gasteiger partial charge in [0.25, 0.3) is 5.91 Å². The Balaban J connectivity index is 1.33. The number of allylic oxidation sites excluding steroid dienone is 1. The average molecular weight is 772 g/mol. The summed E-state index contributed by atoms with van der Waals surface area (Å²) >= 11 is 0. The van der Waals surface area contributed by atoms with Crippen LogP contribution in [0.3, 0.4) is 0 Å². The highest BCUT2D eigenvalue weighted by Crippen LogP contribution is 2.46. The fourth-order valence-electron chi connectivity index (χ4n) is 7.53. The van der Waals surface area contributed by atoms with Crippen LogP contribution >= 0.6 is 0 Å². The molecule has 0 spiro atoms. The van der Waals surface area contributed by atoms with Crippen LogP contribution in [0.25, 0.3) is 10.8 Å². The number of nitrogens with one attached hydrogen (secondary N) is 3. The summed E-state index contributed by atoms with van der Waals surface area (Å²) in [6.07, 6.45) is 6.07. The summed E-state index contributed by atoms with van der Waals surface area (Å²) < 4.78 is 50.7. The van der Waals surface area contributed by atoms with Gasteiger partial charge in [0.2, 0.25) is 27.7 Å². The number of rotatable bonds is 11. The lowest BCUT2D eigenvalue weighted by molar-refractivity contribution is -0.142. The SMILES string of the molecule is COCCOc1cnc(O[C@@H]2C[C@H]3C(=O)N[C@]4(C(=O)NS(=O)(=O)C5CC5)C[C@H]4/C=C\CC[C@H](C)C[C@@H](C)[C@H](NC(=O)O)C(=O)N3C2)c2ccc(OC)cc12. The van der Waals surface area contributed by atoms with Gasteiger partial charge in [0.05, 0.1) is 31.7 Å². The molecule has 3 fully saturated rings. The minimum Gasteiger partial charge on any atom is -0.497 e. The zero-order valence-electron chi connectivity index (χ0n) is 30.9. The standard InChI is InChI=1S/C37H49N5O11S/c1-21-7-5-6-8-23-18-37(23,35(45)41-54(48,49)26-10-11-26)40-32(43)29-17-25(20-42(29)34(44)31(22(2)15-21)39-36(46)47)53-33-27-12-9-24(51-4)16-28(27)30(19-38-33)52-14-13-50-3/h6,8-9,12,16,19,21-23,25-26,29,31,39H,5,7,10-11,13-15,17-18,20H2,1-4H3,(H,40,43)(H,41,45)(H,46,47)/b8-6-/t21-,22+,23+,25+,29-,31-,37+/m0/s1. The first-order valence-corrected chi connectivity index (χ1v) is 19.9. The van der Waals surface area contributed by atoms with Crippen LogP contribution in [0.5, 0.6) is 17.4 Å². The van der Waals surface area contributed by atoms with Crippen molar-refractivity contribution in [1.82, 2.24) is 25.2 Å². The van der Waals surface area contributed by atoms with Crippen molar-refractivity contribution in [3.05, 3.63) is 36.5 Å². The Hall–Kier alpha value is -4.64. The first-order valence-electron chi connectivity index (χ1n) is 18.4. The van der Waals surface area contributed by atoms with Crippen LogP contribution in [0.15, 0.2) is 36.5 Å². The number of hydrogen-bond acceptors (Lipinski definition) is 11. The molecule has 2 aliphatic carbocycles. The summed E-state index contributed by atoms with van der Waals surface area (Å²) in [5.74, 6) is -1.64. The van der Waals surface area contributed by atoms with Gasteiger partial charge in [-0.05, 0) is 68.6 Å². The molecule has 7 atom stereocenters. The van der Waals surface area contributed by atoms with E-state index in [1.165, 1.54) is 11.1 Å². The lowest BCUT2D eigenvalue weighted by atomic mass is 9.88. The van der Waals surface area contributed by atoms with E-state index in [1.54, 1.807) is 39.3 Å². The van der Waals surface area contributed by atoms with Crippen molar-refractivity contribution >= 4 is 44.6 Å². The second kappa shape index (κ2) is 16.0. The Labute approximate surface area is 314 Å². The van der Waals surface area contributed by atoms with Crippen molar-refractivity contribution in [1.29, 1.82) is 0 Å². The fourth-order valence-corrected chi connectivity index (χ4v) is 8.89. The molecular formula is C37H49N5O11S. The van der Waals surface area contributed by atoms with Crippen molar-refractivity contribution in [2.45, 2.75) is 87.8 Å². The van der Waals surface area contributed by atoms with E-state index in [0.717, 1.165) is 6.42 Å². The molecule has 4 aliphatic rings. The molecule has 17 heteroatoms. The third-order valence-electron chi connectivity index (χ3n) is 10.7. The Morgan fingerprint density at radius 1 is 1.09 bits per heavy atom. The van der Waals surface area contributed by atoms with E-state index in [1.807, 2.05) is 19.1 Å². The summed E-state index contributed by atoms with van der Waals surface area (Å²) in [4.78, 5) is 60.3. The predicted molar refractivity (Wildman–Crippen MR) is 196 cm³/mol. The number of aromatic nitrogens is 1. The number of amides is 4. The van der Waals surface area contributed by atoms with Crippen LogP contribution in [-0.2, 0) is 29.1 Å². The van der Waals surface area contributed by atoms with E-state index in [-0.39, 0.29) is 37.8 Å². The van der Waals surface area contributed by atoms with Gasteiger partial charge in [-0.15, -0.1) is 0 Å². The normalized spacial score (nSPS) is 29.4. The van der Waals surface area contributed by atoms with Gasteiger partial charge in [-0.1, -0.05) is 26.0 Å². The van der Waals surface area contributed by atoms with Crippen LogP contribution in [0.1, 0.15) is 58.8 Å². The Kier molecular flexibility index (Phi) is 11.6. The van der Waals surface area contributed by atoms with Crippen molar-refractivity contribution < 1.29 is 51.6 Å². The van der Waals surface area contributed by atoms with Crippen molar-refractivity contribution in [3.63, 3.8) is 0 Å². The molecule has 4 N–H and O–H groups in total. The topological polar surface area (TPSA) is 212 Å². The molecule has 0 unspecified atom stereocenters. The van der Waals surface area contributed by atoms with E-state index in [0.29, 0.717) is 54.6 Å². The quantitative estimate of drug-likeness (QED) is 0.192. The lowest BCUT2D eigenvalue weighted by Gasteiger charge is -2.32. The molecule has 294 valence electrons. The van der Waals surface area contributed by atoms with E-state index < -0.39 is 74.7 Å². The number of sulfonamides is 1. The number of nitrogens with zero attached hydrogens (tertiary/aromatic N) is 2. The molecule has 0 radical (unpaired) electrons. The van der Waals surface area contributed by atoms with Crippen LogP contribution in [0.2, 0.25) is 0 Å². The molecule has 2 aliphatic heterocycles. The molecule has 1 aromatic carbocycles. The predicted octanol–water partition coefficient (Wildman–Crippen LogP) is 2.75. The van der Waals surface area contributed by atoms with Gasteiger partial charge in [-0.25, -0.2) is 18.2 Å². The molecule has 0 bridgehead atoms. The zero-order valence-corrected chi connectivity index (χ0v) is 31.7. The first kappa shape index (κ1) is 39.1. The molecule has 1 aromatic heterocycles. The summed E-state index contributed by atoms with van der Waals surface area (Å²) in [5, 5.41) is 15.6. The summed E-state index contributed by atoms with van der Waals surface area (Å²) in [6.45, 7) is 4.35. The highest BCUT2D eigenvalue weighted by Gasteiger charge is 2.62. The highest BCUT2D eigenvalue weighted by atomic mass is 32.2. The van der Waals surface area contributed by atoms with Gasteiger partial charge in [-0.2, -0.15) is 0 Å². The second-order valence-corrected chi connectivity index (χ2v) is 16.8. The number of fused-ring (bicyclic) bond motifs is 3. The van der Waals surface area contributed by atoms with E-state index in [9.17, 15) is 32.7 Å². The molecular weight excluding hydrogens is 722 g/mol. The van der Waals surface area contributed by atoms with Crippen LogP contribution < -0.4 is 29.6 Å². The summed E-state index contributed by atoms with van der Waals surface area (Å²) in [6, 6.07) is 2.92. The number of carboxylic acid groups (broad SMARTS) is 1. The first-order chi connectivity index (χ1) is 25.8. The molecule has 3 heterocycles. The highest BCUT2D eigenvalue weighted by molar-refractivity contribution is 7.91. The van der Waals surface area contributed by atoms with E-state index in [4.69, 9.17) is 18.9 Å².